The Kier molecular flexibility index (Phi) is 7.33. The van der Waals surface area contributed by atoms with Crippen LogP contribution < -0.4 is 10.2 Å². The highest BCUT2D eigenvalue weighted by Gasteiger charge is 2.24. The van der Waals surface area contributed by atoms with E-state index in [0.29, 0.717) is 24.5 Å². The monoisotopic (exact) mass is 450 g/mol. The Morgan fingerprint density at radius 2 is 1.87 bits per heavy atom. The molecule has 1 aromatic carbocycles. The zero-order chi connectivity index (χ0) is 21.7. The van der Waals surface area contributed by atoms with Crippen LogP contribution >= 0.6 is 11.6 Å². The smallest absolute Gasteiger partial charge is 0.259 e. The van der Waals surface area contributed by atoms with Crippen molar-refractivity contribution in [2.24, 2.45) is 0 Å². The molecular formula is C21H27ClN4O3S. The van der Waals surface area contributed by atoms with Gasteiger partial charge in [-0.25, -0.2) is 13.4 Å². The Morgan fingerprint density at radius 1 is 1.17 bits per heavy atom. The van der Waals surface area contributed by atoms with E-state index >= 15 is 0 Å². The summed E-state index contributed by atoms with van der Waals surface area (Å²) in [4.78, 5) is 19.7. The highest BCUT2D eigenvalue weighted by molar-refractivity contribution is 7.89. The lowest BCUT2D eigenvalue weighted by Gasteiger charge is -2.29. The van der Waals surface area contributed by atoms with Crippen LogP contribution in [0.5, 0.6) is 0 Å². The third kappa shape index (κ3) is 4.77. The molecule has 162 valence electrons. The topological polar surface area (TPSA) is 82.6 Å². The van der Waals surface area contributed by atoms with Gasteiger partial charge in [-0.2, -0.15) is 4.31 Å². The molecule has 2 heterocycles. The Morgan fingerprint density at radius 3 is 2.53 bits per heavy atom. The zero-order valence-electron chi connectivity index (χ0n) is 17.3. The van der Waals surface area contributed by atoms with E-state index < -0.39 is 10.0 Å². The van der Waals surface area contributed by atoms with Gasteiger partial charge in [-0.15, -0.1) is 0 Å². The molecule has 0 aliphatic carbocycles. The molecule has 0 bridgehead atoms. The van der Waals surface area contributed by atoms with E-state index in [0.717, 1.165) is 25.9 Å². The van der Waals surface area contributed by atoms with Gasteiger partial charge in [-0.05, 0) is 49.6 Å². The summed E-state index contributed by atoms with van der Waals surface area (Å²) in [5.74, 6) is 0.265. The number of halogens is 1. The molecule has 0 spiro atoms. The number of benzene rings is 1. The maximum Gasteiger partial charge on any atom is 0.259 e. The number of hydrogen-bond acceptors (Lipinski definition) is 5. The summed E-state index contributed by atoms with van der Waals surface area (Å²) in [5.41, 5.74) is 0.691. The molecule has 0 radical (unpaired) electrons. The Balaban J connectivity index is 1.89. The molecule has 1 aliphatic heterocycles. The number of nitrogens with zero attached hydrogens (tertiary/aromatic N) is 3. The highest BCUT2D eigenvalue weighted by Crippen LogP contribution is 2.29. The van der Waals surface area contributed by atoms with Crippen LogP contribution in [0.25, 0.3) is 0 Å². The van der Waals surface area contributed by atoms with Crippen molar-refractivity contribution in [3.63, 3.8) is 0 Å². The molecule has 2 aromatic rings. The van der Waals surface area contributed by atoms with E-state index in [1.54, 1.807) is 32.2 Å². The van der Waals surface area contributed by atoms with Gasteiger partial charge < -0.3 is 10.2 Å². The van der Waals surface area contributed by atoms with Gasteiger partial charge in [0.15, 0.2) is 0 Å². The van der Waals surface area contributed by atoms with E-state index in [1.165, 1.54) is 28.9 Å². The van der Waals surface area contributed by atoms with Gasteiger partial charge in [-0.1, -0.05) is 25.4 Å². The number of rotatable bonds is 7. The van der Waals surface area contributed by atoms with Gasteiger partial charge in [0.05, 0.1) is 21.2 Å². The van der Waals surface area contributed by atoms with Crippen LogP contribution in [0.1, 0.15) is 43.5 Å². The minimum Gasteiger partial charge on any atom is -0.356 e. The molecule has 1 aromatic heterocycles. The lowest BCUT2D eigenvalue weighted by Crippen LogP contribution is -2.32. The van der Waals surface area contributed by atoms with Crippen LogP contribution in [-0.2, 0) is 10.0 Å². The number of carbonyl (C=O) groups is 1. The number of carbonyl (C=O) groups excluding carboxylic acids is 1. The fourth-order valence-electron chi connectivity index (χ4n) is 3.59. The zero-order valence-corrected chi connectivity index (χ0v) is 18.8. The van der Waals surface area contributed by atoms with Crippen molar-refractivity contribution >= 4 is 39.0 Å². The van der Waals surface area contributed by atoms with Gasteiger partial charge in [0.1, 0.15) is 5.82 Å². The summed E-state index contributed by atoms with van der Waals surface area (Å²) in [5, 5.41) is 3.04. The van der Waals surface area contributed by atoms with Gasteiger partial charge in [0.25, 0.3) is 5.91 Å². The number of piperidine rings is 1. The molecule has 9 heteroatoms. The average Bonchev–Trinajstić information content (AvgIpc) is 2.76. The molecule has 3 rings (SSSR count). The Labute approximate surface area is 183 Å². The Bertz CT molecular complexity index is 1000. The second kappa shape index (κ2) is 9.76. The van der Waals surface area contributed by atoms with Crippen molar-refractivity contribution in [3.05, 3.63) is 47.1 Å². The number of hydrogen-bond donors (Lipinski definition) is 1. The van der Waals surface area contributed by atoms with Crippen molar-refractivity contribution < 1.29 is 13.2 Å². The molecule has 0 atom stereocenters. The Hall–Kier alpha value is -2.16. The third-order valence-corrected chi connectivity index (χ3v) is 7.59. The standard InChI is InChI=1S/C21H27ClN4O3S/c1-3-26(4-2)30(28,29)16-10-11-18(22)19(15-16)24-21(27)17-9-8-12-23-20(17)25-13-6-5-7-14-25/h8-12,15H,3-7,13-14H2,1-2H3,(H,24,27). The van der Waals surface area contributed by atoms with Crippen LogP contribution in [0.4, 0.5) is 11.5 Å². The largest absolute Gasteiger partial charge is 0.356 e. The first kappa shape index (κ1) is 22.5. The van der Waals surface area contributed by atoms with Crippen LogP contribution in [0.3, 0.4) is 0 Å². The molecule has 7 nitrogen and oxygen atoms in total. The minimum atomic E-state index is -3.66. The van der Waals surface area contributed by atoms with Crippen LogP contribution in [0.15, 0.2) is 41.4 Å². The molecule has 1 aliphatic rings. The van der Waals surface area contributed by atoms with Gasteiger partial charge >= 0.3 is 0 Å². The SMILES string of the molecule is CCN(CC)S(=O)(=O)c1ccc(Cl)c(NC(=O)c2cccnc2N2CCCCC2)c1. The highest BCUT2D eigenvalue weighted by atomic mass is 35.5. The fourth-order valence-corrected chi connectivity index (χ4v) is 5.24. The summed E-state index contributed by atoms with van der Waals surface area (Å²) in [6, 6.07) is 7.78. The first-order valence-electron chi connectivity index (χ1n) is 10.2. The number of anilines is 2. The van der Waals surface area contributed by atoms with Crippen molar-refractivity contribution in [1.29, 1.82) is 0 Å². The summed E-state index contributed by atoms with van der Waals surface area (Å²) < 4.78 is 27.0. The first-order valence-corrected chi connectivity index (χ1v) is 12.0. The number of pyridine rings is 1. The predicted molar refractivity (Wildman–Crippen MR) is 120 cm³/mol. The predicted octanol–water partition coefficient (Wildman–Crippen LogP) is 4.01. The molecule has 1 amide bonds. The molecule has 1 saturated heterocycles. The summed E-state index contributed by atoms with van der Waals surface area (Å²) in [7, 11) is -3.66. The van der Waals surface area contributed by atoms with Crippen molar-refractivity contribution in [3.8, 4) is 0 Å². The number of nitrogens with one attached hydrogen (secondary N) is 1. The van der Waals surface area contributed by atoms with Crippen molar-refractivity contribution in [1.82, 2.24) is 9.29 Å². The molecule has 0 unspecified atom stereocenters. The number of amides is 1. The molecular weight excluding hydrogens is 424 g/mol. The average molecular weight is 451 g/mol. The molecule has 1 fully saturated rings. The van der Waals surface area contributed by atoms with Crippen molar-refractivity contribution in [2.45, 2.75) is 38.0 Å². The summed E-state index contributed by atoms with van der Waals surface area (Å²) in [6.07, 6.45) is 4.97. The molecule has 0 saturated carbocycles. The van der Waals surface area contributed by atoms with E-state index in [2.05, 4.69) is 15.2 Å². The van der Waals surface area contributed by atoms with Gasteiger partial charge in [0.2, 0.25) is 10.0 Å². The fraction of sp³-hybridized carbons (Fsp3) is 0.429. The second-order valence-electron chi connectivity index (χ2n) is 7.11. The first-order chi connectivity index (χ1) is 14.4. The third-order valence-electron chi connectivity index (χ3n) is 5.22. The van der Waals surface area contributed by atoms with E-state index in [1.807, 2.05) is 0 Å². The molecule has 1 N–H and O–H groups in total. The summed E-state index contributed by atoms with van der Waals surface area (Å²) >= 11 is 6.26. The van der Waals surface area contributed by atoms with E-state index in [9.17, 15) is 13.2 Å². The van der Waals surface area contributed by atoms with E-state index in [4.69, 9.17) is 11.6 Å². The van der Waals surface area contributed by atoms with Crippen LogP contribution in [-0.4, -0.2) is 49.8 Å². The quantitative estimate of drug-likeness (QED) is 0.689. The lowest BCUT2D eigenvalue weighted by molar-refractivity contribution is 0.102. The van der Waals surface area contributed by atoms with Gasteiger partial charge in [0, 0.05) is 32.4 Å². The number of sulfonamides is 1. The van der Waals surface area contributed by atoms with Crippen LogP contribution in [0, 0.1) is 0 Å². The normalized spacial score (nSPS) is 14.7. The maximum atomic E-state index is 13.0. The lowest BCUT2D eigenvalue weighted by atomic mass is 10.1. The van der Waals surface area contributed by atoms with Crippen molar-refractivity contribution in [2.75, 3.05) is 36.4 Å². The second-order valence-corrected chi connectivity index (χ2v) is 9.45. The minimum absolute atomic E-state index is 0.0911. The summed E-state index contributed by atoms with van der Waals surface area (Å²) in [6.45, 7) is 6.00. The molecule has 30 heavy (non-hydrogen) atoms. The maximum absolute atomic E-state index is 13.0. The number of aromatic nitrogens is 1. The van der Waals surface area contributed by atoms with Crippen LogP contribution in [0.2, 0.25) is 5.02 Å². The van der Waals surface area contributed by atoms with Gasteiger partial charge in [-0.3, -0.25) is 4.79 Å². The van der Waals surface area contributed by atoms with E-state index in [-0.39, 0.29) is 21.5 Å².